The fourth-order valence-corrected chi connectivity index (χ4v) is 2.97. The predicted octanol–water partition coefficient (Wildman–Crippen LogP) is 3.46. The van der Waals surface area contributed by atoms with Crippen LogP contribution in [0, 0.1) is 0 Å². The van der Waals surface area contributed by atoms with Gasteiger partial charge in [-0.05, 0) is 35.4 Å². The van der Waals surface area contributed by atoms with E-state index in [1.54, 1.807) is 17.5 Å². The minimum atomic E-state index is 0.352. The quantitative estimate of drug-likeness (QED) is 0.730. The molecule has 0 aliphatic heterocycles. The lowest BCUT2D eigenvalue weighted by molar-refractivity contribution is 0.378. The lowest BCUT2D eigenvalue weighted by atomic mass is 10.1. The Morgan fingerprint density at radius 1 is 1.21 bits per heavy atom. The van der Waals surface area contributed by atoms with Crippen LogP contribution in [0.15, 0.2) is 46.6 Å². The van der Waals surface area contributed by atoms with E-state index in [0.29, 0.717) is 17.7 Å². The van der Waals surface area contributed by atoms with Gasteiger partial charge in [-0.15, -0.1) is 11.3 Å². The summed E-state index contributed by atoms with van der Waals surface area (Å²) in [5.74, 6) is 2.27. The Morgan fingerprint density at radius 3 is 3.00 bits per heavy atom. The van der Waals surface area contributed by atoms with Crippen LogP contribution in [0.2, 0.25) is 0 Å². The van der Waals surface area contributed by atoms with Gasteiger partial charge in [0.25, 0.3) is 0 Å². The Morgan fingerprint density at radius 2 is 2.21 bits per heavy atom. The molecule has 2 atom stereocenters. The second kappa shape index (κ2) is 4.28. The lowest BCUT2D eigenvalue weighted by Gasteiger charge is -1.95. The van der Waals surface area contributed by atoms with Gasteiger partial charge in [-0.1, -0.05) is 17.3 Å². The van der Waals surface area contributed by atoms with E-state index in [1.165, 1.54) is 5.56 Å². The molecule has 2 unspecified atom stereocenters. The van der Waals surface area contributed by atoms with E-state index in [4.69, 9.17) is 4.52 Å². The Labute approximate surface area is 114 Å². The highest BCUT2D eigenvalue weighted by atomic mass is 32.1. The molecule has 0 aromatic carbocycles. The van der Waals surface area contributed by atoms with Crippen LogP contribution in [-0.4, -0.2) is 15.1 Å². The molecule has 0 radical (unpaired) electrons. The third-order valence-electron chi connectivity index (χ3n) is 3.40. The van der Waals surface area contributed by atoms with E-state index in [0.717, 1.165) is 17.2 Å². The van der Waals surface area contributed by atoms with Gasteiger partial charge in [0.05, 0.1) is 4.88 Å². The number of nitrogens with zero attached hydrogens (tertiary/aromatic N) is 3. The first-order chi connectivity index (χ1) is 9.42. The van der Waals surface area contributed by atoms with Crippen LogP contribution in [0.4, 0.5) is 0 Å². The van der Waals surface area contributed by atoms with E-state index in [2.05, 4.69) is 21.2 Å². The van der Waals surface area contributed by atoms with Crippen molar-refractivity contribution in [2.24, 2.45) is 0 Å². The van der Waals surface area contributed by atoms with Crippen LogP contribution in [0.25, 0.3) is 10.7 Å². The highest BCUT2D eigenvalue weighted by molar-refractivity contribution is 7.13. The van der Waals surface area contributed by atoms with Crippen molar-refractivity contribution in [2.75, 3.05) is 0 Å². The smallest absolute Gasteiger partial charge is 0.230 e. The normalized spacial score (nSPS) is 21.5. The fraction of sp³-hybridized carbons (Fsp3) is 0.214. The van der Waals surface area contributed by atoms with Crippen molar-refractivity contribution in [3.8, 4) is 10.7 Å². The van der Waals surface area contributed by atoms with Gasteiger partial charge in [0, 0.05) is 18.3 Å². The molecular formula is C14H11N3OS. The lowest BCUT2D eigenvalue weighted by Crippen LogP contribution is -1.85. The summed E-state index contributed by atoms with van der Waals surface area (Å²) in [6.07, 6.45) is 4.78. The van der Waals surface area contributed by atoms with Gasteiger partial charge in [-0.25, -0.2) is 0 Å². The zero-order valence-corrected chi connectivity index (χ0v) is 10.9. The number of pyridine rings is 1. The molecule has 1 fully saturated rings. The molecule has 4 rings (SSSR count). The molecule has 4 nitrogen and oxygen atoms in total. The molecule has 1 aliphatic rings. The van der Waals surface area contributed by atoms with Gasteiger partial charge >= 0.3 is 0 Å². The molecule has 94 valence electrons. The van der Waals surface area contributed by atoms with Crippen molar-refractivity contribution in [3.63, 3.8) is 0 Å². The summed E-state index contributed by atoms with van der Waals surface area (Å²) in [7, 11) is 0. The van der Waals surface area contributed by atoms with Gasteiger partial charge in [-0.3, -0.25) is 4.98 Å². The third-order valence-corrected chi connectivity index (χ3v) is 4.27. The van der Waals surface area contributed by atoms with Crippen molar-refractivity contribution in [2.45, 2.75) is 18.3 Å². The standard InChI is InChI=1S/C14H11N3OS/c1-3-9(8-15-5-1)10-7-11(10)14-16-13(17-18-14)12-4-2-6-19-12/h1-6,8,10-11H,7H2. The molecule has 0 saturated heterocycles. The van der Waals surface area contributed by atoms with Crippen molar-refractivity contribution >= 4 is 11.3 Å². The van der Waals surface area contributed by atoms with Crippen LogP contribution >= 0.6 is 11.3 Å². The van der Waals surface area contributed by atoms with E-state index >= 15 is 0 Å². The van der Waals surface area contributed by atoms with Crippen molar-refractivity contribution < 1.29 is 4.52 Å². The highest BCUT2D eigenvalue weighted by Gasteiger charge is 2.43. The first kappa shape index (κ1) is 10.9. The van der Waals surface area contributed by atoms with Gasteiger partial charge in [0.1, 0.15) is 0 Å². The number of rotatable bonds is 3. The van der Waals surface area contributed by atoms with Crippen LogP contribution in [0.1, 0.15) is 29.7 Å². The molecule has 0 bridgehead atoms. The summed E-state index contributed by atoms with van der Waals surface area (Å²) < 4.78 is 5.39. The van der Waals surface area contributed by atoms with Crippen LogP contribution in [0.5, 0.6) is 0 Å². The Bertz CT molecular complexity index is 678. The zero-order valence-electron chi connectivity index (χ0n) is 10.1. The molecule has 3 aromatic heterocycles. The summed E-state index contributed by atoms with van der Waals surface area (Å²) in [5.41, 5.74) is 1.25. The average Bonchev–Trinajstić information content (AvgIpc) is 2.90. The summed E-state index contributed by atoms with van der Waals surface area (Å²) in [6, 6.07) is 8.07. The Hall–Kier alpha value is -2.01. The van der Waals surface area contributed by atoms with Crippen molar-refractivity contribution in [3.05, 3.63) is 53.5 Å². The van der Waals surface area contributed by atoms with Gasteiger partial charge in [0.15, 0.2) is 0 Å². The van der Waals surface area contributed by atoms with E-state index in [1.807, 2.05) is 29.8 Å². The minimum absolute atomic E-state index is 0.352. The molecule has 0 N–H and O–H groups in total. The van der Waals surface area contributed by atoms with Crippen LogP contribution in [-0.2, 0) is 0 Å². The SMILES string of the molecule is c1cncc(C2CC2c2nc(-c3cccs3)no2)c1. The largest absolute Gasteiger partial charge is 0.339 e. The number of thiophene rings is 1. The Kier molecular flexibility index (Phi) is 2.45. The molecule has 0 amide bonds. The summed E-state index contributed by atoms with van der Waals surface area (Å²) in [5, 5.41) is 6.07. The molecule has 1 saturated carbocycles. The zero-order chi connectivity index (χ0) is 12.7. The third kappa shape index (κ3) is 1.96. The molecule has 19 heavy (non-hydrogen) atoms. The van der Waals surface area contributed by atoms with Gasteiger partial charge in [-0.2, -0.15) is 4.98 Å². The topological polar surface area (TPSA) is 51.8 Å². The van der Waals surface area contributed by atoms with Crippen molar-refractivity contribution in [1.82, 2.24) is 15.1 Å². The second-order valence-electron chi connectivity index (χ2n) is 4.67. The van der Waals surface area contributed by atoms with E-state index in [9.17, 15) is 0 Å². The first-order valence-electron chi connectivity index (χ1n) is 6.19. The average molecular weight is 269 g/mol. The fourth-order valence-electron chi connectivity index (χ4n) is 2.32. The monoisotopic (exact) mass is 269 g/mol. The van der Waals surface area contributed by atoms with Gasteiger partial charge < -0.3 is 4.52 Å². The molecule has 0 spiro atoms. The maximum Gasteiger partial charge on any atom is 0.230 e. The predicted molar refractivity (Wildman–Crippen MR) is 71.9 cm³/mol. The maximum atomic E-state index is 5.39. The number of hydrogen-bond acceptors (Lipinski definition) is 5. The Balaban J connectivity index is 1.56. The summed E-state index contributed by atoms with van der Waals surface area (Å²) in [4.78, 5) is 9.71. The summed E-state index contributed by atoms with van der Waals surface area (Å²) in [6.45, 7) is 0. The molecule has 3 aromatic rings. The van der Waals surface area contributed by atoms with Crippen molar-refractivity contribution in [1.29, 1.82) is 0 Å². The van der Waals surface area contributed by atoms with Crippen LogP contribution < -0.4 is 0 Å². The molecular weight excluding hydrogens is 258 g/mol. The number of aromatic nitrogens is 3. The first-order valence-corrected chi connectivity index (χ1v) is 7.07. The number of hydrogen-bond donors (Lipinski definition) is 0. The summed E-state index contributed by atoms with van der Waals surface area (Å²) >= 11 is 1.62. The molecule has 1 aliphatic carbocycles. The molecule has 3 heterocycles. The highest BCUT2D eigenvalue weighted by Crippen LogP contribution is 2.54. The molecule has 5 heteroatoms. The minimum Gasteiger partial charge on any atom is -0.339 e. The second-order valence-corrected chi connectivity index (χ2v) is 5.62. The van der Waals surface area contributed by atoms with Gasteiger partial charge in [0.2, 0.25) is 11.7 Å². The van der Waals surface area contributed by atoms with Crippen LogP contribution in [0.3, 0.4) is 0 Å². The maximum absolute atomic E-state index is 5.39. The van der Waals surface area contributed by atoms with E-state index in [-0.39, 0.29) is 0 Å². The van der Waals surface area contributed by atoms with E-state index < -0.39 is 0 Å².